The molecule has 0 aliphatic carbocycles. The number of aldehydes is 1. The normalized spacial score (nSPS) is 9.38. The molecule has 0 aromatic carbocycles. The van der Waals surface area contributed by atoms with Crippen LogP contribution in [0.15, 0.2) is 12.1 Å². The number of carbonyl (C=O) groups is 2. The third kappa shape index (κ3) is 2.08. The molecule has 1 heterocycles. The SMILES string of the molecule is COC(=O)c1cc(F)cc(C=O)n1. The van der Waals surface area contributed by atoms with Crippen molar-refractivity contribution in [2.24, 2.45) is 0 Å². The Morgan fingerprint density at radius 1 is 1.62 bits per heavy atom. The zero-order valence-electron chi connectivity index (χ0n) is 6.78. The molecule has 0 N–H and O–H groups in total. The van der Waals surface area contributed by atoms with Crippen molar-refractivity contribution in [3.8, 4) is 0 Å². The molecule has 1 aromatic heterocycles. The van der Waals surface area contributed by atoms with E-state index in [2.05, 4.69) is 9.72 Å². The lowest BCUT2D eigenvalue weighted by Gasteiger charge is -1.98. The van der Waals surface area contributed by atoms with Crippen LogP contribution in [0.5, 0.6) is 0 Å². The van der Waals surface area contributed by atoms with E-state index in [0.717, 1.165) is 19.2 Å². The summed E-state index contributed by atoms with van der Waals surface area (Å²) in [4.78, 5) is 24.6. The van der Waals surface area contributed by atoms with E-state index in [0.29, 0.717) is 6.29 Å². The van der Waals surface area contributed by atoms with Crippen molar-refractivity contribution in [3.63, 3.8) is 0 Å². The maximum absolute atomic E-state index is 12.7. The van der Waals surface area contributed by atoms with Crippen molar-refractivity contribution < 1.29 is 18.7 Å². The van der Waals surface area contributed by atoms with Crippen molar-refractivity contribution >= 4 is 12.3 Å². The number of aromatic nitrogens is 1. The number of hydrogen-bond donors (Lipinski definition) is 0. The molecule has 0 saturated heterocycles. The quantitative estimate of drug-likeness (QED) is 0.503. The van der Waals surface area contributed by atoms with Crippen LogP contribution >= 0.6 is 0 Å². The van der Waals surface area contributed by atoms with Crippen LogP contribution in [0.3, 0.4) is 0 Å². The molecule has 0 aliphatic heterocycles. The lowest BCUT2D eigenvalue weighted by molar-refractivity contribution is 0.0593. The van der Waals surface area contributed by atoms with Gasteiger partial charge in [0, 0.05) is 12.1 Å². The molecule has 1 rings (SSSR count). The highest BCUT2D eigenvalue weighted by Crippen LogP contribution is 2.04. The average Bonchev–Trinajstić information content (AvgIpc) is 2.15. The average molecular weight is 183 g/mol. The summed E-state index contributed by atoms with van der Waals surface area (Å²) < 4.78 is 17.0. The molecule has 0 spiro atoms. The highest BCUT2D eigenvalue weighted by molar-refractivity contribution is 5.88. The van der Waals surface area contributed by atoms with E-state index in [4.69, 9.17) is 0 Å². The number of methoxy groups -OCH3 is 1. The fourth-order valence-corrected chi connectivity index (χ4v) is 0.787. The number of pyridine rings is 1. The molecule has 0 amide bonds. The molecule has 0 saturated carbocycles. The second-order valence-electron chi connectivity index (χ2n) is 2.20. The molecular weight excluding hydrogens is 177 g/mol. The van der Waals surface area contributed by atoms with Gasteiger partial charge in [0.25, 0.3) is 0 Å². The fourth-order valence-electron chi connectivity index (χ4n) is 0.787. The maximum atomic E-state index is 12.7. The monoisotopic (exact) mass is 183 g/mol. The Kier molecular flexibility index (Phi) is 2.69. The van der Waals surface area contributed by atoms with Crippen LogP contribution in [0.25, 0.3) is 0 Å². The van der Waals surface area contributed by atoms with Gasteiger partial charge in [0.2, 0.25) is 0 Å². The summed E-state index contributed by atoms with van der Waals surface area (Å²) in [6.07, 6.45) is 0.357. The van der Waals surface area contributed by atoms with Gasteiger partial charge in [0.1, 0.15) is 11.5 Å². The summed E-state index contributed by atoms with van der Waals surface area (Å²) in [5.74, 6) is -1.47. The lowest BCUT2D eigenvalue weighted by atomic mass is 10.3. The largest absolute Gasteiger partial charge is 0.464 e. The van der Waals surface area contributed by atoms with Gasteiger partial charge >= 0.3 is 5.97 Å². The third-order valence-corrected chi connectivity index (χ3v) is 1.33. The number of nitrogens with zero attached hydrogens (tertiary/aromatic N) is 1. The first-order chi connectivity index (χ1) is 6.17. The summed E-state index contributed by atoms with van der Waals surface area (Å²) >= 11 is 0. The number of rotatable bonds is 2. The molecule has 13 heavy (non-hydrogen) atoms. The summed E-state index contributed by atoms with van der Waals surface area (Å²) in [5.41, 5.74) is -0.356. The van der Waals surface area contributed by atoms with Gasteiger partial charge in [-0.15, -0.1) is 0 Å². The first-order valence-corrected chi connectivity index (χ1v) is 3.38. The van der Waals surface area contributed by atoms with Crippen LogP contribution in [0.4, 0.5) is 4.39 Å². The summed E-state index contributed by atoms with van der Waals surface area (Å²) in [7, 11) is 1.15. The minimum Gasteiger partial charge on any atom is -0.464 e. The molecular formula is C8H6FNO3. The Balaban J connectivity index is 3.15. The van der Waals surface area contributed by atoms with Crippen LogP contribution in [-0.4, -0.2) is 24.3 Å². The van der Waals surface area contributed by atoms with Crippen LogP contribution in [0.2, 0.25) is 0 Å². The van der Waals surface area contributed by atoms with E-state index in [1.54, 1.807) is 0 Å². The Hall–Kier alpha value is -1.78. The van der Waals surface area contributed by atoms with E-state index in [1.807, 2.05) is 0 Å². The van der Waals surface area contributed by atoms with E-state index in [1.165, 1.54) is 0 Å². The van der Waals surface area contributed by atoms with E-state index in [9.17, 15) is 14.0 Å². The van der Waals surface area contributed by atoms with Gasteiger partial charge in [-0.2, -0.15) is 0 Å². The number of hydrogen-bond acceptors (Lipinski definition) is 4. The minimum atomic E-state index is -0.775. The number of halogens is 1. The smallest absolute Gasteiger partial charge is 0.356 e. The number of esters is 1. The van der Waals surface area contributed by atoms with Crippen molar-refractivity contribution in [2.45, 2.75) is 0 Å². The van der Waals surface area contributed by atoms with Gasteiger partial charge in [0.05, 0.1) is 7.11 Å². The van der Waals surface area contributed by atoms with Crippen molar-refractivity contribution in [1.29, 1.82) is 0 Å². The van der Waals surface area contributed by atoms with E-state index >= 15 is 0 Å². The molecule has 0 radical (unpaired) electrons. The second-order valence-corrected chi connectivity index (χ2v) is 2.20. The predicted octanol–water partition coefficient (Wildman–Crippen LogP) is 0.820. The Bertz CT molecular complexity index is 351. The Morgan fingerprint density at radius 3 is 2.85 bits per heavy atom. The Labute approximate surface area is 73.3 Å². The van der Waals surface area contributed by atoms with Crippen molar-refractivity contribution in [3.05, 3.63) is 29.3 Å². The fraction of sp³-hybridized carbons (Fsp3) is 0.125. The molecule has 0 bridgehead atoms. The van der Waals surface area contributed by atoms with Gasteiger partial charge in [-0.3, -0.25) is 4.79 Å². The van der Waals surface area contributed by atoms with Crippen LogP contribution in [0.1, 0.15) is 21.0 Å². The van der Waals surface area contributed by atoms with Crippen LogP contribution in [0, 0.1) is 5.82 Å². The van der Waals surface area contributed by atoms with E-state index < -0.39 is 11.8 Å². The zero-order valence-corrected chi connectivity index (χ0v) is 6.78. The van der Waals surface area contributed by atoms with Crippen molar-refractivity contribution in [1.82, 2.24) is 4.98 Å². The van der Waals surface area contributed by atoms with Gasteiger partial charge in [-0.05, 0) is 0 Å². The summed E-state index contributed by atoms with van der Waals surface area (Å²) in [6, 6.07) is 1.83. The molecule has 4 nitrogen and oxygen atoms in total. The maximum Gasteiger partial charge on any atom is 0.356 e. The first-order valence-electron chi connectivity index (χ1n) is 3.38. The van der Waals surface area contributed by atoms with Gasteiger partial charge in [-0.1, -0.05) is 0 Å². The van der Waals surface area contributed by atoms with Crippen LogP contribution in [-0.2, 0) is 4.74 Å². The third-order valence-electron chi connectivity index (χ3n) is 1.33. The summed E-state index contributed by atoms with van der Waals surface area (Å²) in [5, 5.41) is 0. The molecule has 0 atom stereocenters. The van der Waals surface area contributed by atoms with Gasteiger partial charge < -0.3 is 4.74 Å². The highest BCUT2D eigenvalue weighted by atomic mass is 19.1. The Morgan fingerprint density at radius 2 is 2.31 bits per heavy atom. The zero-order chi connectivity index (χ0) is 9.84. The highest BCUT2D eigenvalue weighted by Gasteiger charge is 2.09. The molecule has 0 unspecified atom stereocenters. The molecule has 0 aliphatic rings. The van der Waals surface area contributed by atoms with Crippen LogP contribution < -0.4 is 0 Å². The van der Waals surface area contributed by atoms with Gasteiger partial charge in [0.15, 0.2) is 12.0 Å². The number of carbonyl (C=O) groups excluding carboxylic acids is 2. The predicted molar refractivity (Wildman–Crippen MR) is 40.9 cm³/mol. The standard InChI is InChI=1S/C8H6FNO3/c1-13-8(12)7-3-5(9)2-6(4-11)10-7/h2-4H,1H3. The van der Waals surface area contributed by atoms with Crippen molar-refractivity contribution in [2.75, 3.05) is 7.11 Å². The second kappa shape index (κ2) is 3.75. The molecule has 0 fully saturated rings. The molecule has 5 heteroatoms. The topological polar surface area (TPSA) is 56.3 Å². The summed E-state index contributed by atoms with van der Waals surface area (Å²) in [6.45, 7) is 0. The van der Waals surface area contributed by atoms with E-state index in [-0.39, 0.29) is 11.4 Å². The molecule has 68 valence electrons. The first kappa shape index (κ1) is 9.31. The minimum absolute atomic E-state index is 0.139. The number of ether oxygens (including phenoxy) is 1. The van der Waals surface area contributed by atoms with Gasteiger partial charge in [-0.25, -0.2) is 14.2 Å². The lowest BCUT2D eigenvalue weighted by Crippen LogP contribution is -2.06. The molecule has 1 aromatic rings.